The SMILES string of the molecule is COc1ccc2c(c1OC1CC=CC(O)C1)CCCN(C)C2. The highest BCUT2D eigenvalue weighted by molar-refractivity contribution is 5.51. The normalized spacial score (nSPS) is 25.4. The van der Waals surface area contributed by atoms with Crippen LogP contribution in [0.1, 0.15) is 30.4 Å². The Morgan fingerprint density at radius 1 is 1.32 bits per heavy atom. The molecular weight excluding hydrogens is 278 g/mol. The van der Waals surface area contributed by atoms with E-state index in [2.05, 4.69) is 18.0 Å². The lowest BCUT2D eigenvalue weighted by molar-refractivity contribution is 0.110. The van der Waals surface area contributed by atoms with Crippen LogP contribution in [0.5, 0.6) is 11.5 Å². The average molecular weight is 303 g/mol. The number of aliphatic hydroxyl groups excluding tert-OH is 1. The van der Waals surface area contributed by atoms with E-state index < -0.39 is 6.10 Å². The summed E-state index contributed by atoms with van der Waals surface area (Å²) in [4.78, 5) is 2.34. The largest absolute Gasteiger partial charge is 0.493 e. The molecule has 2 aliphatic rings. The van der Waals surface area contributed by atoms with Crippen LogP contribution in [0.25, 0.3) is 0 Å². The van der Waals surface area contributed by atoms with Gasteiger partial charge in [-0.15, -0.1) is 0 Å². The van der Waals surface area contributed by atoms with Crippen molar-refractivity contribution in [3.63, 3.8) is 0 Å². The average Bonchev–Trinajstić information content (AvgIpc) is 2.68. The summed E-state index contributed by atoms with van der Waals surface area (Å²) in [6, 6.07) is 4.15. The second-order valence-electron chi connectivity index (χ2n) is 6.28. The molecule has 0 spiro atoms. The Balaban J connectivity index is 1.91. The molecular formula is C18H25NO3. The molecule has 1 N–H and O–H groups in total. The monoisotopic (exact) mass is 303 g/mol. The zero-order valence-corrected chi connectivity index (χ0v) is 13.4. The third kappa shape index (κ3) is 3.28. The van der Waals surface area contributed by atoms with Gasteiger partial charge in [0.1, 0.15) is 6.10 Å². The van der Waals surface area contributed by atoms with Crippen molar-refractivity contribution in [2.45, 2.75) is 44.4 Å². The fourth-order valence-corrected chi connectivity index (χ4v) is 3.35. The van der Waals surface area contributed by atoms with E-state index in [9.17, 15) is 5.11 Å². The van der Waals surface area contributed by atoms with Gasteiger partial charge in [0, 0.05) is 24.9 Å². The van der Waals surface area contributed by atoms with Crippen molar-refractivity contribution in [3.8, 4) is 11.5 Å². The molecule has 22 heavy (non-hydrogen) atoms. The smallest absolute Gasteiger partial charge is 0.165 e. The van der Waals surface area contributed by atoms with E-state index in [1.807, 2.05) is 18.2 Å². The first-order valence-electron chi connectivity index (χ1n) is 8.06. The van der Waals surface area contributed by atoms with E-state index >= 15 is 0 Å². The third-order valence-corrected chi connectivity index (χ3v) is 4.49. The molecule has 0 aromatic heterocycles. The molecule has 0 fully saturated rings. The Hall–Kier alpha value is -1.52. The van der Waals surface area contributed by atoms with E-state index in [4.69, 9.17) is 9.47 Å². The number of rotatable bonds is 3. The topological polar surface area (TPSA) is 41.9 Å². The fourth-order valence-electron chi connectivity index (χ4n) is 3.35. The number of methoxy groups -OCH3 is 1. The molecule has 4 heteroatoms. The summed E-state index contributed by atoms with van der Waals surface area (Å²) >= 11 is 0. The quantitative estimate of drug-likeness (QED) is 0.871. The molecule has 3 rings (SSSR count). The van der Waals surface area contributed by atoms with Crippen molar-refractivity contribution in [3.05, 3.63) is 35.4 Å². The Labute approximate surface area is 132 Å². The molecule has 1 aliphatic carbocycles. The van der Waals surface area contributed by atoms with Crippen molar-refractivity contribution >= 4 is 0 Å². The summed E-state index contributed by atoms with van der Waals surface area (Å²) in [6.45, 7) is 2.05. The minimum absolute atomic E-state index is 0.0152. The molecule has 0 saturated carbocycles. The van der Waals surface area contributed by atoms with Gasteiger partial charge in [-0.05, 0) is 38.1 Å². The van der Waals surface area contributed by atoms with Gasteiger partial charge in [0.2, 0.25) is 0 Å². The van der Waals surface area contributed by atoms with Crippen LogP contribution in [0.15, 0.2) is 24.3 Å². The van der Waals surface area contributed by atoms with E-state index in [1.54, 1.807) is 7.11 Å². The number of hydrogen-bond donors (Lipinski definition) is 1. The van der Waals surface area contributed by atoms with Crippen LogP contribution in [0.4, 0.5) is 0 Å². The molecule has 1 heterocycles. The molecule has 0 saturated heterocycles. The highest BCUT2D eigenvalue weighted by Gasteiger charge is 2.24. The standard InChI is InChI=1S/C18H25NO3/c1-19-10-4-7-16-13(12-19)8-9-17(21-2)18(16)22-15-6-3-5-14(20)11-15/h3,5,8-9,14-15,20H,4,6-7,10-12H2,1-2H3. The molecule has 4 nitrogen and oxygen atoms in total. The molecule has 1 aromatic rings. The van der Waals surface area contributed by atoms with Gasteiger partial charge in [0.15, 0.2) is 11.5 Å². The van der Waals surface area contributed by atoms with Crippen LogP contribution in [-0.2, 0) is 13.0 Å². The maximum atomic E-state index is 9.80. The van der Waals surface area contributed by atoms with E-state index in [1.165, 1.54) is 11.1 Å². The highest BCUT2D eigenvalue weighted by Crippen LogP contribution is 2.38. The number of aliphatic hydroxyl groups is 1. The van der Waals surface area contributed by atoms with Crippen molar-refractivity contribution in [1.29, 1.82) is 0 Å². The number of benzene rings is 1. The second kappa shape index (κ2) is 6.71. The predicted octanol–water partition coefficient (Wildman–Crippen LogP) is 2.53. The molecule has 0 amide bonds. The lowest BCUT2D eigenvalue weighted by atomic mass is 10.00. The van der Waals surface area contributed by atoms with Crippen molar-refractivity contribution in [1.82, 2.24) is 4.90 Å². The minimum Gasteiger partial charge on any atom is -0.493 e. The first kappa shape index (κ1) is 15.4. The third-order valence-electron chi connectivity index (χ3n) is 4.49. The van der Waals surface area contributed by atoms with Crippen molar-refractivity contribution < 1.29 is 14.6 Å². The molecule has 2 unspecified atom stereocenters. The van der Waals surface area contributed by atoms with Crippen LogP contribution >= 0.6 is 0 Å². The predicted molar refractivity (Wildman–Crippen MR) is 86.4 cm³/mol. The number of nitrogens with zero attached hydrogens (tertiary/aromatic N) is 1. The highest BCUT2D eigenvalue weighted by atomic mass is 16.5. The lowest BCUT2D eigenvalue weighted by Gasteiger charge is -2.26. The van der Waals surface area contributed by atoms with Gasteiger partial charge in [-0.2, -0.15) is 0 Å². The maximum Gasteiger partial charge on any atom is 0.165 e. The summed E-state index contributed by atoms with van der Waals surface area (Å²) in [5.41, 5.74) is 2.59. The number of hydrogen-bond acceptors (Lipinski definition) is 4. The zero-order chi connectivity index (χ0) is 15.5. The minimum atomic E-state index is -0.404. The Kier molecular flexibility index (Phi) is 4.69. The van der Waals surface area contributed by atoms with Gasteiger partial charge in [-0.3, -0.25) is 0 Å². The molecule has 1 aromatic carbocycles. The first-order valence-corrected chi connectivity index (χ1v) is 8.06. The van der Waals surface area contributed by atoms with E-state index in [0.717, 1.165) is 43.9 Å². The summed E-state index contributed by atoms with van der Waals surface area (Å²) in [7, 11) is 3.84. The van der Waals surface area contributed by atoms with E-state index in [0.29, 0.717) is 6.42 Å². The van der Waals surface area contributed by atoms with Gasteiger partial charge < -0.3 is 19.5 Å². The molecule has 1 aliphatic heterocycles. The Bertz CT molecular complexity index is 556. The fraction of sp³-hybridized carbons (Fsp3) is 0.556. The van der Waals surface area contributed by atoms with Gasteiger partial charge in [-0.1, -0.05) is 18.2 Å². The van der Waals surface area contributed by atoms with Gasteiger partial charge in [0.05, 0.1) is 13.2 Å². The van der Waals surface area contributed by atoms with Crippen LogP contribution in [0, 0.1) is 0 Å². The van der Waals surface area contributed by atoms with Gasteiger partial charge in [0.25, 0.3) is 0 Å². The Morgan fingerprint density at radius 3 is 2.95 bits per heavy atom. The van der Waals surface area contributed by atoms with Crippen LogP contribution in [-0.4, -0.2) is 42.9 Å². The number of ether oxygens (including phenoxy) is 2. The first-order chi connectivity index (χ1) is 10.7. The summed E-state index contributed by atoms with van der Waals surface area (Å²) in [5.74, 6) is 1.68. The van der Waals surface area contributed by atoms with Crippen molar-refractivity contribution in [2.75, 3.05) is 20.7 Å². The van der Waals surface area contributed by atoms with Crippen LogP contribution < -0.4 is 9.47 Å². The number of fused-ring (bicyclic) bond motifs is 1. The Morgan fingerprint density at radius 2 is 2.18 bits per heavy atom. The zero-order valence-electron chi connectivity index (χ0n) is 13.4. The summed E-state index contributed by atoms with van der Waals surface area (Å²) in [5, 5.41) is 9.80. The van der Waals surface area contributed by atoms with Gasteiger partial charge in [-0.25, -0.2) is 0 Å². The maximum absolute atomic E-state index is 9.80. The summed E-state index contributed by atoms with van der Waals surface area (Å²) in [6.07, 6.45) is 7.07. The van der Waals surface area contributed by atoms with E-state index in [-0.39, 0.29) is 6.10 Å². The second-order valence-corrected chi connectivity index (χ2v) is 6.28. The molecule has 2 atom stereocenters. The summed E-state index contributed by atoms with van der Waals surface area (Å²) < 4.78 is 11.8. The van der Waals surface area contributed by atoms with Crippen molar-refractivity contribution in [2.24, 2.45) is 0 Å². The molecule has 120 valence electrons. The molecule has 0 radical (unpaired) electrons. The van der Waals surface area contributed by atoms with Crippen LogP contribution in [0.3, 0.4) is 0 Å². The van der Waals surface area contributed by atoms with Crippen LogP contribution in [0.2, 0.25) is 0 Å². The van der Waals surface area contributed by atoms with Gasteiger partial charge >= 0.3 is 0 Å². The molecule has 0 bridgehead atoms. The lowest BCUT2D eigenvalue weighted by Crippen LogP contribution is -2.25.